The van der Waals surface area contributed by atoms with Crippen LogP contribution in [0.3, 0.4) is 0 Å². The molecule has 0 spiro atoms. The molecule has 1 amide bonds. The maximum atomic E-state index is 13.2. The van der Waals surface area contributed by atoms with Crippen LogP contribution in [0.4, 0.5) is 27.6 Å². The highest BCUT2D eigenvalue weighted by Crippen LogP contribution is 2.33. The van der Waals surface area contributed by atoms with Crippen LogP contribution in [0.5, 0.6) is 5.75 Å². The van der Waals surface area contributed by atoms with E-state index in [1.54, 1.807) is 17.0 Å². The number of rotatable bonds is 14. The number of nitrogens with one attached hydrogen (secondary N) is 1. The van der Waals surface area contributed by atoms with E-state index in [-0.39, 0.29) is 54.4 Å². The summed E-state index contributed by atoms with van der Waals surface area (Å²) in [4.78, 5) is 26.3. The lowest BCUT2D eigenvalue weighted by molar-refractivity contribution is -0.138. The minimum absolute atomic E-state index is 0.0406. The third kappa shape index (κ3) is 9.64. The molecule has 0 bridgehead atoms. The molecule has 3 aromatic carbocycles. The molecule has 3 aromatic rings. The van der Waals surface area contributed by atoms with Crippen molar-refractivity contribution in [2.45, 2.75) is 62.1 Å². The van der Waals surface area contributed by atoms with Gasteiger partial charge in [-0.05, 0) is 72.6 Å². The second kappa shape index (κ2) is 15.1. The molecule has 1 aliphatic heterocycles. The summed E-state index contributed by atoms with van der Waals surface area (Å²) < 4.78 is 99.3. The number of aliphatic carboxylic acids is 1. The third-order valence-electron chi connectivity index (χ3n) is 7.71. The van der Waals surface area contributed by atoms with Gasteiger partial charge in [-0.15, -0.1) is 0 Å². The number of hydrogen-bond donors (Lipinski definition) is 2. The average Bonchev–Trinajstić information content (AvgIpc) is 3.44. The summed E-state index contributed by atoms with van der Waals surface area (Å²) in [6.07, 6.45) is -5.05. The fourth-order valence-corrected chi connectivity index (χ4v) is 6.13. The van der Waals surface area contributed by atoms with E-state index >= 15 is 0 Å². The molecule has 15 heteroatoms. The molecule has 4 rings (SSSR count). The summed E-state index contributed by atoms with van der Waals surface area (Å²) in [5, 5.41) is 12.0. The summed E-state index contributed by atoms with van der Waals surface area (Å²) >= 11 is 0. The van der Waals surface area contributed by atoms with Crippen molar-refractivity contribution in [3.8, 4) is 5.75 Å². The van der Waals surface area contributed by atoms with E-state index in [1.807, 2.05) is 0 Å². The lowest BCUT2D eigenvalue weighted by Crippen LogP contribution is -2.34. The van der Waals surface area contributed by atoms with Crippen molar-refractivity contribution in [1.29, 1.82) is 0 Å². The van der Waals surface area contributed by atoms with Gasteiger partial charge in [0.25, 0.3) is 5.91 Å². The zero-order chi connectivity index (χ0) is 34.4. The van der Waals surface area contributed by atoms with Gasteiger partial charge in [0.2, 0.25) is 0 Å². The van der Waals surface area contributed by atoms with Gasteiger partial charge < -0.3 is 24.8 Å². The minimum atomic E-state index is -4.51. The molecule has 3 atom stereocenters. The predicted octanol–water partition coefficient (Wildman–Crippen LogP) is 6.10. The first-order valence-electron chi connectivity index (χ1n) is 14.6. The van der Waals surface area contributed by atoms with E-state index < -0.39 is 58.3 Å². The SMILES string of the molecule is CCS(=O)(=O)c1ccc(C(CCC(=O)O)NC(=O)c2ccc(N3C[C@@H](Oc4ccc(C(F)(F)F)cc4)C[C@H]3COC(F)F)cc2)cc1. The fraction of sp³-hybridized carbons (Fsp3) is 0.375. The highest BCUT2D eigenvalue weighted by atomic mass is 32.2. The van der Waals surface area contributed by atoms with E-state index in [0.29, 0.717) is 11.3 Å². The van der Waals surface area contributed by atoms with E-state index in [9.17, 15) is 45.1 Å². The molecule has 1 heterocycles. The average molecular weight is 685 g/mol. The molecular weight excluding hydrogens is 651 g/mol. The first-order chi connectivity index (χ1) is 22.2. The topological polar surface area (TPSA) is 122 Å². The summed E-state index contributed by atoms with van der Waals surface area (Å²) in [6.45, 7) is -1.65. The number of carboxylic acids is 1. The Kier molecular flexibility index (Phi) is 11.4. The van der Waals surface area contributed by atoms with E-state index in [2.05, 4.69) is 10.1 Å². The number of nitrogens with zero attached hydrogens (tertiary/aromatic N) is 1. The molecule has 1 saturated heterocycles. The van der Waals surface area contributed by atoms with Crippen molar-refractivity contribution in [1.82, 2.24) is 5.32 Å². The van der Waals surface area contributed by atoms with Crippen LogP contribution in [0.2, 0.25) is 0 Å². The Morgan fingerprint density at radius 2 is 1.64 bits per heavy atom. The monoisotopic (exact) mass is 684 g/mol. The number of amides is 1. The van der Waals surface area contributed by atoms with Gasteiger partial charge in [0.1, 0.15) is 11.9 Å². The minimum Gasteiger partial charge on any atom is -0.489 e. The van der Waals surface area contributed by atoms with Gasteiger partial charge in [-0.1, -0.05) is 19.1 Å². The van der Waals surface area contributed by atoms with E-state index in [4.69, 9.17) is 4.74 Å². The molecule has 2 N–H and O–H groups in total. The molecule has 0 aliphatic carbocycles. The standard InChI is InChI=1S/C32H33F5N2O7S/c1-2-47(43,44)27-13-5-20(6-14-27)28(15-16-29(40)41)38-30(42)21-3-9-23(10-4-21)39-18-26(17-24(39)19-45-31(33)34)46-25-11-7-22(8-12-25)32(35,36)37/h3-14,24,26,28,31H,2,15-19H2,1H3,(H,38,42)(H,40,41)/t24-,26-,28?/m0/s1. The quantitative estimate of drug-likeness (QED) is 0.196. The number of carboxylic acid groups (broad SMARTS) is 1. The lowest BCUT2D eigenvalue weighted by atomic mass is 10.0. The number of sulfone groups is 1. The molecule has 1 fully saturated rings. The van der Waals surface area contributed by atoms with Gasteiger partial charge in [0.15, 0.2) is 9.84 Å². The molecule has 0 radical (unpaired) electrons. The number of hydrogen-bond acceptors (Lipinski definition) is 7. The Morgan fingerprint density at radius 3 is 2.19 bits per heavy atom. The van der Waals surface area contributed by atoms with Gasteiger partial charge in [-0.3, -0.25) is 9.59 Å². The summed E-state index contributed by atoms with van der Waals surface area (Å²) in [7, 11) is -3.46. The van der Waals surface area contributed by atoms with Crippen LogP contribution in [0.1, 0.15) is 53.7 Å². The second-order valence-corrected chi connectivity index (χ2v) is 13.2. The number of carbonyl (C=O) groups excluding carboxylic acids is 1. The van der Waals surface area contributed by atoms with E-state index in [1.165, 1.54) is 55.5 Å². The summed E-state index contributed by atoms with van der Waals surface area (Å²) in [5.41, 5.74) is 0.456. The summed E-state index contributed by atoms with van der Waals surface area (Å²) in [5.74, 6) is -1.51. The van der Waals surface area contributed by atoms with Gasteiger partial charge in [0, 0.05) is 24.1 Å². The first-order valence-corrected chi connectivity index (χ1v) is 16.3. The number of benzene rings is 3. The van der Waals surface area contributed by atoms with Crippen molar-refractivity contribution >= 4 is 27.4 Å². The van der Waals surface area contributed by atoms with Crippen molar-refractivity contribution in [2.24, 2.45) is 0 Å². The molecule has 254 valence electrons. The van der Waals surface area contributed by atoms with Crippen LogP contribution < -0.4 is 15.0 Å². The number of anilines is 1. The van der Waals surface area contributed by atoms with Crippen LogP contribution in [0.25, 0.3) is 0 Å². The Morgan fingerprint density at radius 1 is 1.00 bits per heavy atom. The number of halogens is 5. The molecule has 1 aliphatic rings. The van der Waals surface area contributed by atoms with Crippen LogP contribution >= 0.6 is 0 Å². The smallest absolute Gasteiger partial charge is 0.416 e. The molecular formula is C32H33F5N2O7S. The van der Waals surface area contributed by atoms with Crippen LogP contribution in [-0.4, -0.2) is 63.1 Å². The molecule has 1 unspecified atom stereocenters. The second-order valence-electron chi connectivity index (χ2n) is 10.9. The Balaban J connectivity index is 1.47. The molecule has 47 heavy (non-hydrogen) atoms. The van der Waals surface area contributed by atoms with Crippen molar-refractivity contribution in [2.75, 3.05) is 23.8 Å². The Bertz CT molecular complexity index is 1620. The molecule has 9 nitrogen and oxygen atoms in total. The Hall–Kier alpha value is -4.24. The van der Waals surface area contributed by atoms with Crippen molar-refractivity contribution in [3.05, 3.63) is 89.5 Å². The first kappa shape index (κ1) is 35.6. The summed E-state index contributed by atoms with van der Waals surface area (Å²) in [6, 6.07) is 14.9. The van der Waals surface area contributed by atoms with Crippen molar-refractivity contribution in [3.63, 3.8) is 0 Å². The fourth-order valence-electron chi connectivity index (χ4n) is 5.24. The third-order valence-corrected chi connectivity index (χ3v) is 9.46. The van der Waals surface area contributed by atoms with Crippen LogP contribution in [0.15, 0.2) is 77.7 Å². The highest BCUT2D eigenvalue weighted by Gasteiger charge is 2.35. The largest absolute Gasteiger partial charge is 0.489 e. The maximum Gasteiger partial charge on any atom is 0.416 e. The predicted molar refractivity (Wildman–Crippen MR) is 161 cm³/mol. The zero-order valence-electron chi connectivity index (χ0n) is 25.1. The molecule has 0 saturated carbocycles. The van der Waals surface area contributed by atoms with Crippen LogP contribution in [-0.2, 0) is 25.5 Å². The van der Waals surface area contributed by atoms with Gasteiger partial charge in [0.05, 0.1) is 41.4 Å². The molecule has 0 aromatic heterocycles. The number of carbonyl (C=O) groups is 2. The number of ether oxygens (including phenoxy) is 2. The van der Waals surface area contributed by atoms with Gasteiger partial charge in [-0.2, -0.15) is 22.0 Å². The van der Waals surface area contributed by atoms with E-state index in [0.717, 1.165) is 12.1 Å². The number of alkyl halides is 5. The van der Waals surface area contributed by atoms with Crippen LogP contribution in [0, 0.1) is 0 Å². The maximum absolute atomic E-state index is 13.2. The van der Waals surface area contributed by atoms with Gasteiger partial charge >= 0.3 is 18.8 Å². The highest BCUT2D eigenvalue weighted by molar-refractivity contribution is 7.91. The lowest BCUT2D eigenvalue weighted by Gasteiger charge is -2.26. The van der Waals surface area contributed by atoms with Crippen molar-refractivity contribution < 1.29 is 54.5 Å². The zero-order valence-corrected chi connectivity index (χ0v) is 25.9. The van der Waals surface area contributed by atoms with Gasteiger partial charge in [-0.25, -0.2) is 8.42 Å². The normalized spacial score (nSPS) is 17.5. The Labute approximate surface area is 268 Å².